The van der Waals surface area contributed by atoms with Gasteiger partial charge in [-0.2, -0.15) is 0 Å². The summed E-state index contributed by atoms with van der Waals surface area (Å²) in [5.41, 5.74) is -0.167. The number of amides is 2. The topological polar surface area (TPSA) is 116 Å². The number of rotatable bonds is 4. The molecule has 218 valence electrons. The highest BCUT2D eigenvalue weighted by Crippen LogP contribution is 2.63. The highest BCUT2D eigenvalue weighted by Gasteiger charge is 2.69. The number of carbonyl (C=O) groups excluding carboxylic acids is 2. The summed E-state index contributed by atoms with van der Waals surface area (Å²) in [6.45, 7) is 0.104. The Morgan fingerprint density at radius 1 is 0.953 bits per heavy atom. The van der Waals surface area contributed by atoms with Crippen LogP contribution in [-0.2, 0) is 28.6 Å². The number of aromatic hydroxyl groups is 1. The van der Waals surface area contributed by atoms with Gasteiger partial charge in [-0.15, -0.1) is 0 Å². The van der Waals surface area contributed by atoms with Crippen LogP contribution in [0, 0.1) is 5.92 Å². The number of hydrogen-bond donors (Lipinski definition) is 1. The Balaban J connectivity index is 1.58. The van der Waals surface area contributed by atoms with Gasteiger partial charge in [0, 0.05) is 29.6 Å². The molecule has 4 atom stereocenters. The number of fused-ring (bicyclic) bond motifs is 4. The summed E-state index contributed by atoms with van der Waals surface area (Å²) in [5.74, 6) is -2.30. The zero-order valence-electron chi connectivity index (χ0n) is 23.3. The van der Waals surface area contributed by atoms with Crippen molar-refractivity contribution < 1.29 is 19.4 Å². The molecule has 0 unspecified atom stereocenters. The fourth-order valence-corrected chi connectivity index (χ4v) is 7.58. The third-order valence-electron chi connectivity index (χ3n) is 9.15. The van der Waals surface area contributed by atoms with Gasteiger partial charge in [0.1, 0.15) is 11.5 Å². The van der Waals surface area contributed by atoms with Crippen molar-refractivity contribution in [3.63, 3.8) is 0 Å². The number of methoxy groups -OCH3 is 1. The maximum atomic E-state index is 15.1. The van der Waals surface area contributed by atoms with Crippen LogP contribution in [0.3, 0.4) is 0 Å². The molecular weight excluding hydrogens is 572 g/mol. The summed E-state index contributed by atoms with van der Waals surface area (Å²) in [5, 5.41) is 10.7. The Bertz CT molecular complexity index is 1980. The van der Waals surface area contributed by atoms with E-state index in [1.54, 1.807) is 30.3 Å². The lowest BCUT2D eigenvalue weighted by molar-refractivity contribution is -0.124. The first-order valence-corrected chi connectivity index (χ1v) is 14.2. The predicted molar refractivity (Wildman–Crippen MR) is 159 cm³/mol. The molecule has 11 heteroatoms. The van der Waals surface area contributed by atoms with E-state index >= 15 is 4.79 Å². The minimum Gasteiger partial charge on any atom is -0.508 e. The van der Waals surface area contributed by atoms with Crippen LogP contribution in [0.1, 0.15) is 29.5 Å². The lowest BCUT2D eigenvalue weighted by Gasteiger charge is -2.49. The van der Waals surface area contributed by atoms with E-state index in [1.165, 1.54) is 40.6 Å². The van der Waals surface area contributed by atoms with Crippen molar-refractivity contribution in [2.75, 3.05) is 12.0 Å². The van der Waals surface area contributed by atoms with E-state index < -0.39 is 46.5 Å². The van der Waals surface area contributed by atoms with Gasteiger partial charge in [-0.1, -0.05) is 60.1 Å². The summed E-state index contributed by atoms with van der Waals surface area (Å²) in [7, 11) is 2.89. The van der Waals surface area contributed by atoms with Crippen LogP contribution in [0.2, 0.25) is 5.02 Å². The van der Waals surface area contributed by atoms with Gasteiger partial charge in [-0.05, 0) is 41.8 Å². The zero-order valence-corrected chi connectivity index (χ0v) is 24.1. The van der Waals surface area contributed by atoms with Crippen molar-refractivity contribution in [1.29, 1.82) is 0 Å². The van der Waals surface area contributed by atoms with Gasteiger partial charge < -0.3 is 9.84 Å². The van der Waals surface area contributed by atoms with Gasteiger partial charge in [0.05, 0.1) is 36.7 Å². The minimum absolute atomic E-state index is 0.0293. The van der Waals surface area contributed by atoms with Crippen molar-refractivity contribution in [3.8, 4) is 11.5 Å². The van der Waals surface area contributed by atoms with Gasteiger partial charge in [-0.25, -0.2) is 28.4 Å². The van der Waals surface area contributed by atoms with Gasteiger partial charge in [0.25, 0.3) is 0 Å². The number of phenolic OH excluding ortho intramolecular Hbond substituents is 1. The molecule has 3 aliphatic rings. The Kier molecular flexibility index (Phi) is 6.04. The molecule has 0 radical (unpaired) electrons. The Morgan fingerprint density at radius 2 is 1.72 bits per heavy atom. The number of aromatic nitrogens is 3. The molecule has 2 aliphatic heterocycles. The molecule has 2 fully saturated rings. The molecule has 3 aromatic carbocycles. The first kappa shape index (κ1) is 27.0. The molecular formula is C32H27ClN4O6. The lowest BCUT2D eigenvalue weighted by Crippen LogP contribution is -2.53. The normalized spacial score (nSPS) is 24.3. The fourth-order valence-electron chi connectivity index (χ4n) is 7.40. The van der Waals surface area contributed by atoms with E-state index in [4.69, 9.17) is 16.3 Å². The average molecular weight is 599 g/mol. The molecule has 0 bridgehead atoms. The van der Waals surface area contributed by atoms with E-state index in [1.807, 2.05) is 36.4 Å². The highest BCUT2D eigenvalue weighted by molar-refractivity contribution is 6.32. The lowest BCUT2D eigenvalue weighted by atomic mass is 9.53. The molecule has 10 nitrogen and oxygen atoms in total. The molecule has 3 heterocycles. The van der Waals surface area contributed by atoms with E-state index in [9.17, 15) is 19.5 Å². The monoisotopic (exact) mass is 598 g/mol. The number of hydrogen-bond acceptors (Lipinski definition) is 6. The molecule has 1 saturated carbocycles. The largest absolute Gasteiger partial charge is 0.508 e. The molecule has 2 amide bonds. The minimum atomic E-state index is -1.45. The first-order chi connectivity index (χ1) is 20.7. The number of anilines is 1. The molecule has 7 rings (SSSR count). The summed E-state index contributed by atoms with van der Waals surface area (Å²) in [4.78, 5) is 57.3. The predicted octanol–water partition coefficient (Wildman–Crippen LogP) is 3.51. The van der Waals surface area contributed by atoms with Crippen LogP contribution < -0.4 is 21.0 Å². The number of allylic oxidation sites excluding steroid dienone is 2. The number of phenols is 1. The molecule has 4 aromatic rings. The van der Waals surface area contributed by atoms with Crippen LogP contribution in [0.5, 0.6) is 11.5 Å². The highest BCUT2D eigenvalue weighted by atomic mass is 35.5. The van der Waals surface area contributed by atoms with E-state index in [0.29, 0.717) is 33.2 Å². The van der Waals surface area contributed by atoms with E-state index in [0.717, 1.165) is 4.57 Å². The number of halogens is 1. The smallest absolute Gasteiger partial charge is 0.347 e. The molecule has 1 saturated heterocycles. The van der Waals surface area contributed by atoms with Crippen molar-refractivity contribution in [2.45, 2.75) is 30.3 Å². The number of carbonyl (C=O) groups is 2. The Morgan fingerprint density at radius 3 is 2.44 bits per heavy atom. The number of benzene rings is 3. The van der Waals surface area contributed by atoms with Crippen LogP contribution in [0.15, 0.2) is 94.0 Å². The van der Waals surface area contributed by atoms with Crippen LogP contribution in [0.4, 0.5) is 5.69 Å². The Labute approximate surface area is 250 Å². The van der Waals surface area contributed by atoms with Gasteiger partial charge in [0.2, 0.25) is 11.8 Å². The summed E-state index contributed by atoms with van der Waals surface area (Å²) in [6, 6.07) is 19.7. The maximum Gasteiger partial charge on any atom is 0.347 e. The second kappa shape index (κ2) is 9.60. The number of nitrogens with zero attached hydrogens (tertiary/aromatic N) is 4. The van der Waals surface area contributed by atoms with Crippen LogP contribution in [-0.4, -0.2) is 38.0 Å². The van der Waals surface area contributed by atoms with Crippen molar-refractivity contribution in [3.05, 3.63) is 122 Å². The first-order valence-electron chi connectivity index (χ1n) is 13.8. The van der Waals surface area contributed by atoms with E-state index in [2.05, 4.69) is 0 Å². The Hall–Kier alpha value is -4.83. The molecule has 0 spiro atoms. The third kappa shape index (κ3) is 3.59. The fraction of sp³-hybridized carbons (Fsp3) is 0.250. The van der Waals surface area contributed by atoms with Crippen molar-refractivity contribution in [2.24, 2.45) is 13.0 Å². The van der Waals surface area contributed by atoms with Gasteiger partial charge in [-0.3, -0.25) is 9.59 Å². The maximum absolute atomic E-state index is 15.1. The number of ether oxygens (including phenoxy) is 1. The summed E-state index contributed by atoms with van der Waals surface area (Å²) < 4.78 is 9.58. The quantitative estimate of drug-likeness (QED) is 0.284. The van der Waals surface area contributed by atoms with Gasteiger partial charge >= 0.3 is 11.4 Å². The SMILES string of the molecule is COc1cc(O)ccc1[C@H]1C2=CCn3c(=O)n(C)c(=O)n3[C@@H]2C[C@H]2C(=O)N(c3cccc(Cl)c3)C(=O)[C@@]12c1ccccc1. The summed E-state index contributed by atoms with van der Waals surface area (Å²) in [6.07, 6.45) is 1.98. The average Bonchev–Trinajstić information content (AvgIpc) is 3.38. The standard InChI is InChI=1S/C32H27ClN4O6/c1-34-30(41)35-14-13-22-25(37(35)31(34)42)17-24-28(39)36(20-10-6-9-19(33)15-20)29(40)32(24,18-7-4-3-5-8-18)27(22)23-12-11-21(38)16-26(23)43-2/h3-13,15-16,24-25,27,38H,14,17H2,1-2H3/t24-,25+,27+,32+/m0/s1. The summed E-state index contributed by atoms with van der Waals surface area (Å²) >= 11 is 6.32. The second-order valence-electron chi connectivity index (χ2n) is 11.1. The van der Waals surface area contributed by atoms with Crippen molar-refractivity contribution in [1.82, 2.24) is 13.9 Å². The van der Waals surface area contributed by atoms with Crippen LogP contribution in [0.25, 0.3) is 0 Å². The molecule has 1 aliphatic carbocycles. The second-order valence-corrected chi connectivity index (χ2v) is 11.5. The third-order valence-corrected chi connectivity index (χ3v) is 9.38. The van der Waals surface area contributed by atoms with E-state index in [-0.39, 0.29) is 18.7 Å². The number of imide groups is 1. The molecule has 1 N–H and O–H groups in total. The molecule has 1 aromatic heterocycles. The van der Waals surface area contributed by atoms with Crippen molar-refractivity contribution >= 4 is 29.1 Å². The van der Waals surface area contributed by atoms with Gasteiger partial charge in [0.15, 0.2) is 0 Å². The zero-order chi connectivity index (χ0) is 30.2. The van der Waals surface area contributed by atoms with Crippen LogP contribution >= 0.6 is 11.6 Å². The molecule has 43 heavy (non-hydrogen) atoms.